The fourth-order valence-electron chi connectivity index (χ4n) is 2.16. The number of ether oxygens (including phenoxy) is 2. The van der Waals surface area contributed by atoms with Gasteiger partial charge in [0.2, 0.25) is 0 Å². The van der Waals surface area contributed by atoms with Gasteiger partial charge < -0.3 is 55.4 Å². The summed E-state index contributed by atoms with van der Waals surface area (Å²) >= 11 is 0. The summed E-state index contributed by atoms with van der Waals surface area (Å²) in [5.41, 5.74) is 0. The Kier molecular flexibility index (Phi) is 11.4. The van der Waals surface area contributed by atoms with E-state index in [9.17, 15) is 35.4 Å². The van der Waals surface area contributed by atoms with Gasteiger partial charge in [-0.25, -0.2) is 4.79 Å². The number of hydrogen-bond donors (Lipinski definition) is 9. The summed E-state index contributed by atoms with van der Waals surface area (Å²) in [7, 11) is 0. The van der Waals surface area contributed by atoms with Gasteiger partial charge in [-0.1, -0.05) is 0 Å². The fraction of sp³-hybridized carbons (Fsp3) is 0.917. The smallest absolute Gasteiger partial charge is 0.479 e. The molecule has 0 aliphatic carbocycles. The Morgan fingerprint density at radius 2 is 1.60 bits per heavy atom. The Bertz CT molecular complexity index is 410. The van der Waals surface area contributed by atoms with Crippen LogP contribution in [0.2, 0.25) is 0 Å². The van der Waals surface area contributed by atoms with E-state index in [-0.39, 0.29) is 37.7 Å². The van der Waals surface area contributed by atoms with Gasteiger partial charge in [0.1, 0.15) is 42.7 Å². The number of carboxylic acid groups (broad SMARTS) is 1. The monoisotopic (exact) mass is 398 g/mol. The normalized spacial score (nSPS) is 34.5. The van der Waals surface area contributed by atoms with Gasteiger partial charge >= 0.3 is 43.7 Å². The SMILES string of the molecule is O=C(O)C(O)C(O)C(OC1OC(CO)C(O)C(O)C1O)C(O)CO.[Ca+2]. The molecular weight excluding hydrogens is 376 g/mol. The molecule has 9 N–H and O–H groups in total. The Morgan fingerprint density at radius 1 is 1.04 bits per heavy atom. The van der Waals surface area contributed by atoms with Crippen LogP contribution in [0.3, 0.4) is 0 Å². The van der Waals surface area contributed by atoms with Crippen LogP contribution in [0.25, 0.3) is 0 Å². The quantitative estimate of drug-likeness (QED) is 0.175. The van der Waals surface area contributed by atoms with Gasteiger partial charge in [0.25, 0.3) is 0 Å². The van der Waals surface area contributed by atoms with Crippen LogP contribution in [0.1, 0.15) is 0 Å². The van der Waals surface area contributed by atoms with Crippen molar-refractivity contribution in [3.8, 4) is 0 Å². The molecule has 0 amide bonds. The maximum atomic E-state index is 10.7. The summed E-state index contributed by atoms with van der Waals surface area (Å²) in [6.07, 6.45) is -16.9. The van der Waals surface area contributed by atoms with Gasteiger partial charge in [0, 0.05) is 0 Å². The first-order valence-electron chi connectivity index (χ1n) is 6.99. The molecular formula is C12H22CaO12+2. The van der Waals surface area contributed by atoms with Crippen molar-refractivity contribution in [1.29, 1.82) is 0 Å². The molecule has 0 aromatic heterocycles. The average molecular weight is 398 g/mol. The minimum absolute atomic E-state index is 0. The Hall–Kier alpha value is 0.330. The maximum absolute atomic E-state index is 10.7. The molecule has 1 rings (SSSR count). The molecule has 9 atom stereocenters. The zero-order chi connectivity index (χ0) is 18.6. The van der Waals surface area contributed by atoms with Crippen molar-refractivity contribution in [3.63, 3.8) is 0 Å². The maximum Gasteiger partial charge on any atom is 2.00 e. The van der Waals surface area contributed by atoms with Crippen LogP contribution < -0.4 is 0 Å². The summed E-state index contributed by atoms with van der Waals surface area (Å²) in [4.78, 5) is 10.7. The van der Waals surface area contributed by atoms with E-state index in [1.165, 1.54) is 0 Å². The van der Waals surface area contributed by atoms with Crippen molar-refractivity contribution in [2.45, 2.75) is 55.1 Å². The molecule has 0 saturated carbocycles. The standard InChI is InChI=1S/C12H22O12.Ca/c13-1-3(15)10(7(18)8(19)11(21)22)24-12-9(20)6(17)5(16)4(2-14)23-12;/h3-10,12-20H,1-2H2,(H,21,22);/q;+2. The van der Waals surface area contributed by atoms with Crippen molar-refractivity contribution < 1.29 is 60.2 Å². The van der Waals surface area contributed by atoms with E-state index in [0.717, 1.165) is 0 Å². The molecule has 0 spiro atoms. The molecule has 1 aliphatic rings. The Labute approximate surface area is 171 Å². The van der Waals surface area contributed by atoms with Crippen LogP contribution in [-0.2, 0) is 14.3 Å². The fourth-order valence-corrected chi connectivity index (χ4v) is 2.16. The number of aliphatic hydroxyl groups is 8. The molecule has 142 valence electrons. The predicted octanol–water partition coefficient (Wildman–Crippen LogP) is -6.05. The number of aliphatic carboxylic acids is 1. The summed E-state index contributed by atoms with van der Waals surface area (Å²) in [6, 6.07) is 0. The van der Waals surface area contributed by atoms with Crippen LogP contribution in [0.4, 0.5) is 0 Å². The van der Waals surface area contributed by atoms with Crippen molar-refractivity contribution in [1.82, 2.24) is 0 Å². The molecule has 0 aromatic carbocycles. The summed E-state index contributed by atoms with van der Waals surface area (Å²) in [5, 5.41) is 84.5. The van der Waals surface area contributed by atoms with Crippen LogP contribution in [0.5, 0.6) is 0 Å². The Morgan fingerprint density at radius 3 is 2.04 bits per heavy atom. The first kappa shape index (κ1) is 25.3. The summed E-state index contributed by atoms with van der Waals surface area (Å²) in [5.74, 6) is -1.84. The molecule has 1 heterocycles. The molecule has 12 nitrogen and oxygen atoms in total. The van der Waals surface area contributed by atoms with Crippen LogP contribution >= 0.6 is 0 Å². The van der Waals surface area contributed by atoms with Gasteiger partial charge in [-0.3, -0.25) is 0 Å². The van der Waals surface area contributed by atoms with E-state index < -0.39 is 74.3 Å². The molecule has 0 aromatic rings. The van der Waals surface area contributed by atoms with E-state index in [0.29, 0.717) is 0 Å². The number of aliphatic hydroxyl groups excluding tert-OH is 8. The zero-order valence-electron chi connectivity index (χ0n) is 13.1. The van der Waals surface area contributed by atoms with E-state index >= 15 is 0 Å². The van der Waals surface area contributed by atoms with Crippen molar-refractivity contribution in [3.05, 3.63) is 0 Å². The second-order valence-corrected chi connectivity index (χ2v) is 5.32. The first-order chi connectivity index (χ1) is 11.1. The van der Waals surface area contributed by atoms with E-state index in [2.05, 4.69) is 0 Å². The summed E-state index contributed by atoms with van der Waals surface area (Å²) < 4.78 is 9.98. The van der Waals surface area contributed by atoms with Gasteiger partial charge in [0.05, 0.1) is 13.2 Å². The number of hydrogen-bond acceptors (Lipinski definition) is 11. The number of carbonyl (C=O) groups is 1. The predicted molar refractivity (Wildman–Crippen MR) is 77.1 cm³/mol. The van der Waals surface area contributed by atoms with Gasteiger partial charge in [-0.2, -0.15) is 0 Å². The number of rotatable bonds is 8. The van der Waals surface area contributed by atoms with Crippen LogP contribution in [0.15, 0.2) is 0 Å². The minimum atomic E-state index is -2.39. The minimum Gasteiger partial charge on any atom is -0.479 e. The molecule has 1 saturated heterocycles. The van der Waals surface area contributed by atoms with Crippen molar-refractivity contribution in [2.75, 3.05) is 13.2 Å². The Balaban J connectivity index is 0.00000576. The third-order valence-electron chi connectivity index (χ3n) is 3.62. The summed E-state index contributed by atoms with van der Waals surface area (Å²) in [6.45, 7) is -1.76. The number of carboxylic acids is 1. The molecule has 1 fully saturated rings. The van der Waals surface area contributed by atoms with Gasteiger partial charge in [0.15, 0.2) is 12.4 Å². The third-order valence-corrected chi connectivity index (χ3v) is 3.62. The molecule has 0 radical (unpaired) electrons. The average Bonchev–Trinajstić information content (AvgIpc) is 2.57. The van der Waals surface area contributed by atoms with Gasteiger partial charge in [-0.15, -0.1) is 0 Å². The largest absolute Gasteiger partial charge is 2.00 e. The molecule has 1 aliphatic heterocycles. The topological polar surface area (TPSA) is 218 Å². The van der Waals surface area contributed by atoms with E-state index in [1.807, 2.05) is 0 Å². The van der Waals surface area contributed by atoms with Crippen LogP contribution in [-0.4, -0.2) is 158 Å². The van der Waals surface area contributed by atoms with Gasteiger partial charge in [-0.05, 0) is 0 Å². The molecule has 0 bridgehead atoms. The molecule has 25 heavy (non-hydrogen) atoms. The van der Waals surface area contributed by atoms with E-state index in [4.69, 9.17) is 24.8 Å². The first-order valence-corrected chi connectivity index (χ1v) is 6.99. The van der Waals surface area contributed by atoms with Crippen molar-refractivity contribution in [2.24, 2.45) is 0 Å². The molecule has 9 unspecified atom stereocenters. The second-order valence-electron chi connectivity index (χ2n) is 5.32. The van der Waals surface area contributed by atoms with Crippen LogP contribution in [0, 0.1) is 0 Å². The second kappa shape index (κ2) is 11.2. The van der Waals surface area contributed by atoms with Crippen molar-refractivity contribution >= 4 is 43.7 Å². The molecule has 13 heteroatoms. The zero-order valence-corrected chi connectivity index (χ0v) is 15.3. The third kappa shape index (κ3) is 6.17. The van der Waals surface area contributed by atoms with E-state index in [1.54, 1.807) is 0 Å².